The van der Waals surface area contributed by atoms with E-state index in [4.69, 9.17) is 0 Å². The van der Waals surface area contributed by atoms with Gasteiger partial charge in [-0.05, 0) is 33.2 Å². The lowest BCUT2D eigenvalue weighted by molar-refractivity contribution is 0.399. The number of hydrogen-bond donors (Lipinski definition) is 1. The second kappa shape index (κ2) is 6.70. The minimum atomic E-state index is 0.0164. The summed E-state index contributed by atoms with van der Waals surface area (Å²) in [6.07, 6.45) is 7.19. The molecular weight excluding hydrogens is 240 g/mol. The summed E-state index contributed by atoms with van der Waals surface area (Å²) in [6, 6.07) is 0.477. The van der Waals surface area contributed by atoms with Crippen LogP contribution in [0.1, 0.15) is 33.1 Å². The molecule has 2 rings (SSSR count). The Morgan fingerprint density at radius 2 is 2.32 bits per heavy atom. The summed E-state index contributed by atoms with van der Waals surface area (Å²) in [4.78, 5) is 18.7. The highest BCUT2D eigenvalue weighted by molar-refractivity contribution is 5.35. The molecule has 0 aromatic carbocycles. The number of nitrogens with one attached hydrogen (secondary N) is 1. The molecule has 0 spiro atoms. The highest BCUT2D eigenvalue weighted by Gasteiger charge is 2.19. The van der Waals surface area contributed by atoms with Crippen molar-refractivity contribution in [3.8, 4) is 0 Å². The van der Waals surface area contributed by atoms with Crippen LogP contribution in [-0.2, 0) is 6.54 Å². The van der Waals surface area contributed by atoms with Crippen LogP contribution in [-0.4, -0.2) is 35.2 Å². The quantitative estimate of drug-likeness (QED) is 0.869. The van der Waals surface area contributed by atoms with Gasteiger partial charge in [0.2, 0.25) is 0 Å². The monoisotopic (exact) mass is 264 g/mol. The van der Waals surface area contributed by atoms with Crippen molar-refractivity contribution in [2.24, 2.45) is 0 Å². The van der Waals surface area contributed by atoms with Crippen molar-refractivity contribution in [2.45, 2.75) is 45.7 Å². The van der Waals surface area contributed by atoms with Gasteiger partial charge in [-0.25, -0.2) is 4.98 Å². The van der Waals surface area contributed by atoms with Gasteiger partial charge < -0.3 is 14.8 Å². The Labute approximate surface area is 114 Å². The van der Waals surface area contributed by atoms with Gasteiger partial charge in [0.1, 0.15) is 0 Å². The van der Waals surface area contributed by atoms with E-state index in [9.17, 15) is 4.79 Å². The van der Waals surface area contributed by atoms with Gasteiger partial charge in [-0.15, -0.1) is 0 Å². The number of piperidine rings is 1. The Balaban J connectivity index is 2.14. The first kappa shape index (κ1) is 14.1. The first-order valence-corrected chi connectivity index (χ1v) is 7.30. The first-order valence-electron chi connectivity index (χ1n) is 7.30. The molecule has 1 saturated heterocycles. The Morgan fingerprint density at radius 3 is 2.95 bits per heavy atom. The summed E-state index contributed by atoms with van der Waals surface area (Å²) in [7, 11) is 0. The molecule has 1 atom stereocenters. The summed E-state index contributed by atoms with van der Waals surface area (Å²) in [6.45, 7) is 7.51. The molecule has 19 heavy (non-hydrogen) atoms. The number of nitrogens with zero attached hydrogens (tertiary/aromatic N) is 3. The zero-order chi connectivity index (χ0) is 13.7. The third kappa shape index (κ3) is 3.35. The molecule has 1 unspecified atom stereocenters. The number of aryl methyl sites for hydroxylation is 1. The number of hydrogen-bond acceptors (Lipinski definition) is 4. The molecule has 106 valence electrons. The molecule has 1 aliphatic rings. The van der Waals surface area contributed by atoms with E-state index in [0.717, 1.165) is 19.6 Å². The first-order chi connectivity index (χ1) is 9.26. The lowest BCUT2D eigenvalue weighted by Crippen LogP contribution is -2.45. The van der Waals surface area contributed by atoms with E-state index in [1.54, 1.807) is 17.0 Å². The van der Waals surface area contributed by atoms with Crippen LogP contribution >= 0.6 is 0 Å². The Bertz CT molecular complexity index is 451. The van der Waals surface area contributed by atoms with Crippen molar-refractivity contribution in [1.82, 2.24) is 14.9 Å². The van der Waals surface area contributed by atoms with Crippen LogP contribution in [0.25, 0.3) is 0 Å². The van der Waals surface area contributed by atoms with Crippen molar-refractivity contribution in [1.29, 1.82) is 0 Å². The van der Waals surface area contributed by atoms with Crippen molar-refractivity contribution < 1.29 is 0 Å². The van der Waals surface area contributed by atoms with E-state index in [1.165, 1.54) is 19.3 Å². The highest BCUT2D eigenvalue weighted by Crippen LogP contribution is 2.11. The molecule has 5 nitrogen and oxygen atoms in total. The second-order valence-electron chi connectivity index (χ2n) is 5.03. The van der Waals surface area contributed by atoms with Crippen LogP contribution in [0.2, 0.25) is 0 Å². The number of anilines is 1. The predicted molar refractivity (Wildman–Crippen MR) is 77.7 cm³/mol. The van der Waals surface area contributed by atoms with Gasteiger partial charge in [0.25, 0.3) is 5.56 Å². The molecule has 0 saturated carbocycles. The van der Waals surface area contributed by atoms with Crippen LogP contribution < -0.4 is 15.8 Å². The number of likely N-dealkylation sites (N-methyl/N-ethyl adjacent to an activating group) is 1. The Kier molecular flexibility index (Phi) is 4.96. The molecule has 1 N–H and O–H groups in total. The fourth-order valence-corrected chi connectivity index (χ4v) is 2.61. The SMILES string of the molecule is CCN(CC1CCCCN1)c1nccn(CC)c1=O. The van der Waals surface area contributed by atoms with Crippen LogP contribution in [0.15, 0.2) is 17.2 Å². The van der Waals surface area contributed by atoms with Gasteiger partial charge in [0.05, 0.1) is 0 Å². The van der Waals surface area contributed by atoms with Gasteiger partial charge in [0, 0.05) is 38.1 Å². The number of rotatable bonds is 5. The number of aromatic nitrogens is 2. The molecule has 2 heterocycles. The van der Waals surface area contributed by atoms with Crippen molar-refractivity contribution in [3.63, 3.8) is 0 Å². The van der Waals surface area contributed by atoms with Crippen LogP contribution in [0.3, 0.4) is 0 Å². The molecule has 0 bridgehead atoms. The van der Waals surface area contributed by atoms with Gasteiger partial charge in [-0.1, -0.05) is 6.42 Å². The largest absolute Gasteiger partial charge is 0.351 e. The molecule has 0 radical (unpaired) electrons. The lowest BCUT2D eigenvalue weighted by atomic mass is 10.0. The van der Waals surface area contributed by atoms with Crippen LogP contribution in [0.4, 0.5) is 5.82 Å². The molecular formula is C14H24N4O. The fourth-order valence-electron chi connectivity index (χ4n) is 2.61. The standard InChI is InChI=1S/C14H24N4O/c1-3-17-10-9-16-13(14(17)19)18(4-2)11-12-7-5-6-8-15-12/h9-10,12,15H,3-8,11H2,1-2H3. The molecule has 1 fully saturated rings. The second-order valence-corrected chi connectivity index (χ2v) is 5.03. The third-order valence-electron chi connectivity index (χ3n) is 3.77. The van der Waals surface area contributed by atoms with E-state index in [0.29, 0.717) is 18.4 Å². The maximum Gasteiger partial charge on any atom is 0.293 e. The maximum absolute atomic E-state index is 12.3. The van der Waals surface area contributed by atoms with Gasteiger partial charge in [-0.3, -0.25) is 4.79 Å². The van der Waals surface area contributed by atoms with Crippen LogP contribution in [0, 0.1) is 0 Å². The topological polar surface area (TPSA) is 50.2 Å². The van der Waals surface area contributed by atoms with Crippen molar-refractivity contribution in [2.75, 3.05) is 24.5 Å². The normalized spacial score (nSPS) is 19.4. The Hall–Kier alpha value is -1.36. The Morgan fingerprint density at radius 1 is 1.47 bits per heavy atom. The van der Waals surface area contributed by atoms with E-state index in [-0.39, 0.29) is 5.56 Å². The van der Waals surface area contributed by atoms with Gasteiger partial charge in [-0.2, -0.15) is 0 Å². The molecule has 1 aromatic heterocycles. The highest BCUT2D eigenvalue weighted by atomic mass is 16.1. The van der Waals surface area contributed by atoms with E-state index < -0.39 is 0 Å². The summed E-state index contributed by atoms with van der Waals surface area (Å²) >= 11 is 0. The minimum absolute atomic E-state index is 0.0164. The lowest BCUT2D eigenvalue weighted by Gasteiger charge is -2.30. The molecule has 5 heteroatoms. The van der Waals surface area contributed by atoms with E-state index in [2.05, 4.69) is 22.1 Å². The minimum Gasteiger partial charge on any atom is -0.351 e. The van der Waals surface area contributed by atoms with E-state index >= 15 is 0 Å². The predicted octanol–water partition coefficient (Wildman–Crippen LogP) is 1.23. The third-order valence-corrected chi connectivity index (χ3v) is 3.77. The molecule has 0 aliphatic carbocycles. The van der Waals surface area contributed by atoms with Crippen molar-refractivity contribution >= 4 is 5.82 Å². The van der Waals surface area contributed by atoms with Gasteiger partial charge in [0.15, 0.2) is 5.82 Å². The molecule has 1 aromatic rings. The smallest absolute Gasteiger partial charge is 0.293 e. The summed E-state index contributed by atoms with van der Waals surface area (Å²) < 4.78 is 1.71. The summed E-state index contributed by atoms with van der Waals surface area (Å²) in [5.74, 6) is 0.583. The zero-order valence-electron chi connectivity index (χ0n) is 11.9. The van der Waals surface area contributed by atoms with Gasteiger partial charge >= 0.3 is 0 Å². The van der Waals surface area contributed by atoms with E-state index in [1.807, 2.05) is 6.92 Å². The maximum atomic E-state index is 12.3. The average molecular weight is 264 g/mol. The molecule has 0 amide bonds. The van der Waals surface area contributed by atoms with Crippen LogP contribution in [0.5, 0.6) is 0 Å². The fraction of sp³-hybridized carbons (Fsp3) is 0.714. The summed E-state index contributed by atoms with van der Waals surface area (Å²) in [5.41, 5.74) is 0.0164. The average Bonchev–Trinajstić information content (AvgIpc) is 2.46. The zero-order valence-corrected chi connectivity index (χ0v) is 11.9. The van der Waals surface area contributed by atoms with Crippen molar-refractivity contribution in [3.05, 3.63) is 22.7 Å². The summed E-state index contributed by atoms with van der Waals surface area (Å²) in [5, 5.41) is 3.52. The molecule has 1 aliphatic heterocycles.